The lowest BCUT2D eigenvalue weighted by atomic mass is 9.97. The number of hydrogen-bond acceptors (Lipinski definition) is 2. The van der Waals surface area contributed by atoms with Gasteiger partial charge in [0.2, 0.25) is 0 Å². The Labute approximate surface area is 108 Å². The summed E-state index contributed by atoms with van der Waals surface area (Å²) < 4.78 is 5.78. The van der Waals surface area contributed by atoms with Gasteiger partial charge in [-0.25, -0.2) is 0 Å². The molecule has 1 aromatic carbocycles. The molecule has 18 heavy (non-hydrogen) atoms. The minimum absolute atomic E-state index is 0.254. The molecule has 1 fully saturated rings. The van der Waals surface area contributed by atoms with Crippen molar-refractivity contribution in [2.75, 3.05) is 6.61 Å². The third-order valence-electron chi connectivity index (χ3n) is 3.55. The van der Waals surface area contributed by atoms with Crippen molar-refractivity contribution in [2.45, 2.75) is 44.1 Å². The van der Waals surface area contributed by atoms with Crippen LogP contribution in [0.15, 0.2) is 30.3 Å². The predicted octanol–water partition coefficient (Wildman–Crippen LogP) is 3.20. The van der Waals surface area contributed by atoms with Crippen LogP contribution in [0.25, 0.3) is 0 Å². The molecule has 3 nitrogen and oxygen atoms in total. The number of ether oxygens (including phenoxy) is 1. The Kier molecular flexibility index (Phi) is 4.76. The van der Waals surface area contributed by atoms with E-state index in [4.69, 9.17) is 4.74 Å². The molecule has 0 saturated heterocycles. The minimum Gasteiger partial charge on any atom is -0.481 e. The summed E-state index contributed by atoms with van der Waals surface area (Å²) in [6.07, 6.45) is 6.08. The molecule has 0 aliphatic heterocycles. The van der Waals surface area contributed by atoms with Gasteiger partial charge in [0.1, 0.15) is 5.92 Å². The molecule has 1 atom stereocenters. The molecule has 3 heteroatoms. The summed E-state index contributed by atoms with van der Waals surface area (Å²) in [6, 6.07) is 9.33. The second kappa shape index (κ2) is 6.55. The van der Waals surface area contributed by atoms with Gasteiger partial charge in [-0.05, 0) is 18.4 Å². The normalized spacial score (nSPS) is 18.4. The smallest absolute Gasteiger partial charge is 0.313 e. The molecule has 0 aromatic heterocycles. The van der Waals surface area contributed by atoms with Gasteiger partial charge in [-0.2, -0.15) is 0 Å². The van der Waals surface area contributed by atoms with Crippen molar-refractivity contribution in [1.29, 1.82) is 0 Å². The van der Waals surface area contributed by atoms with E-state index < -0.39 is 11.9 Å². The summed E-state index contributed by atoms with van der Waals surface area (Å²) in [6.45, 7) is 0.282. The van der Waals surface area contributed by atoms with Crippen molar-refractivity contribution in [3.63, 3.8) is 0 Å². The fourth-order valence-electron chi connectivity index (χ4n) is 2.46. The summed E-state index contributed by atoms with van der Waals surface area (Å²) in [5, 5.41) is 9.28. The highest BCUT2D eigenvalue weighted by atomic mass is 16.5. The zero-order valence-corrected chi connectivity index (χ0v) is 10.5. The highest BCUT2D eigenvalue weighted by molar-refractivity contribution is 5.76. The van der Waals surface area contributed by atoms with Gasteiger partial charge in [0.15, 0.2) is 0 Å². The molecular weight excluding hydrogens is 228 g/mol. The van der Waals surface area contributed by atoms with Crippen molar-refractivity contribution in [1.82, 2.24) is 0 Å². The molecule has 0 heterocycles. The van der Waals surface area contributed by atoms with Gasteiger partial charge in [-0.1, -0.05) is 49.6 Å². The fourth-order valence-corrected chi connectivity index (χ4v) is 2.46. The van der Waals surface area contributed by atoms with E-state index in [1.165, 1.54) is 19.3 Å². The van der Waals surface area contributed by atoms with E-state index >= 15 is 0 Å². The van der Waals surface area contributed by atoms with E-state index in [0.29, 0.717) is 0 Å². The van der Waals surface area contributed by atoms with Gasteiger partial charge >= 0.3 is 5.97 Å². The molecule has 1 unspecified atom stereocenters. The lowest BCUT2D eigenvalue weighted by Crippen LogP contribution is -2.24. The van der Waals surface area contributed by atoms with Crippen LogP contribution in [0, 0.1) is 0 Å². The molecule has 0 bridgehead atoms. The molecule has 0 amide bonds. The van der Waals surface area contributed by atoms with Gasteiger partial charge in [-0.15, -0.1) is 0 Å². The molecule has 1 aliphatic rings. The first-order valence-electron chi connectivity index (χ1n) is 6.66. The van der Waals surface area contributed by atoms with Crippen molar-refractivity contribution in [2.24, 2.45) is 0 Å². The standard InChI is InChI=1S/C15H20O3/c16-15(17)14(12-7-3-1-4-8-12)11-18-13-9-5-2-6-10-13/h1,3-4,7-8,13-14H,2,5-6,9-11H2,(H,16,17). The molecule has 1 N–H and O–H groups in total. The number of carbonyl (C=O) groups is 1. The summed E-state index contributed by atoms with van der Waals surface area (Å²) in [7, 11) is 0. The molecule has 0 radical (unpaired) electrons. The van der Waals surface area contributed by atoms with Crippen LogP contribution in [-0.4, -0.2) is 23.8 Å². The van der Waals surface area contributed by atoms with Gasteiger partial charge in [0.05, 0.1) is 12.7 Å². The molecule has 1 saturated carbocycles. The van der Waals surface area contributed by atoms with Crippen molar-refractivity contribution < 1.29 is 14.6 Å². The van der Waals surface area contributed by atoms with Crippen LogP contribution >= 0.6 is 0 Å². The first kappa shape index (κ1) is 13.1. The van der Waals surface area contributed by atoms with Gasteiger partial charge < -0.3 is 9.84 Å². The second-order valence-corrected chi connectivity index (χ2v) is 4.89. The molecule has 0 spiro atoms. The Morgan fingerprint density at radius 2 is 1.89 bits per heavy atom. The van der Waals surface area contributed by atoms with Crippen molar-refractivity contribution in [3.05, 3.63) is 35.9 Å². The van der Waals surface area contributed by atoms with Crippen LogP contribution in [0.2, 0.25) is 0 Å². The second-order valence-electron chi connectivity index (χ2n) is 4.89. The average Bonchev–Trinajstić information content (AvgIpc) is 2.41. The monoisotopic (exact) mass is 248 g/mol. The Balaban J connectivity index is 1.92. The van der Waals surface area contributed by atoms with E-state index in [-0.39, 0.29) is 12.7 Å². The zero-order valence-electron chi connectivity index (χ0n) is 10.5. The van der Waals surface area contributed by atoms with Crippen LogP contribution in [-0.2, 0) is 9.53 Å². The van der Waals surface area contributed by atoms with Gasteiger partial charge in [-0.3, -0.25) is 4.79 Å². The number of rotatable bonds is 5. The van der Waals surface area contributed by atoms with E-state index in [1.54, 1.807) is 0 Å². The number of carboxylic acid groups (broad SMARTS) is 1. The fraction of sp³-hybridized carbons (Fsp3) is 0.533. The minimum atomic E-state index is -0.808. The quantitative estimate of drug-likeness (QED) is 0.870. The molecule has 1 aromatic rings. The number of carboxylic acids is 1. The third kappa shape index (κ3) is 3.57. The first-order valence-corrected chi connectivity index (χ1v) is 6.66. The predicted molar refractivity (Wildman–Crippen MR) is 69.6 cm³/mol. The maximum absolute atomic E-state index is 11.3. The molecular formula is C15H20O3. The van der Waals surface area contributed by atoms with Crippen LogP contribution in [0.3, 0.4) is 0 Å². The van der Waals surface area contributed by atoms with Crippen molar-refractivity contribution in [3.8, 4) is 0 Å². The topological polar surface area (TPSA) is 46.5 Å². The largest absolute Gasteiger partial charge is 0.481 e. The van der Waals surface area contributed by atoms with Crippen LogP contribution < -0.4 is 0 Å². The van der Waals surface area contributed by atoms with Crippen LogP contribution in [0.1, 0.15) is 43.6 Å². The SMILES string of the molecule is O=C(O)C(COC1CCCCC1)c1ccccc1. The highest BCUT2D eigenvalue weighted by Crippen LogP contribution is 2.23. The van der Waals surface area contributed by atoms with Crippen LogP contribution in [0.4, 0.5) is 0 Å². The summed E-state index contributed by atoms with van der Waals surface area (Å²) in [5.41, 5.74) is 0.820. The maximum atomic E-state index is 11.3. The molecule has 1 aliphatic carbocycles. The third-order valence-corrected chi connectivity index (χ3v) is 3.55. The zero-order chi connectivity index (χ0) is 12.8. The summed E-state index contributed by atoms with van der Waals surface area (Å²) in [5.74, 6) is -1.36. The summed E-state index contributed by atoms with van der Waals surface area (Å²) in [4.78, 5) is 11.3. The Morgan fingerprint density at radius 3 is 2.50 bits per heavy atom. The van der Waals surface area contributed by atoms with E-state index in [0.717, 1.165) is 18.4 Å². The average molecular weight is 248 g/mol. The van der Waals surface area contributed by atoms with E-state index in [1.807, 2.05) is 30.3 Å². The van der Waals surface area contributed by atoms with Crippen molar-refractivity contribution >= 4 is 5.97 Å². The first-order chi connectivity index (χ1) is 8.77. The number of aliphatic carboxylic acids is 1. The number of hydrogen-bond donors (Lipinski definition) is 1. The highest BCUT2D eigenvalue weighted by Gasteiger charge is 2.22. The van der Waals surface area contributed by atoms with Crippen LogP contribution in [0.5, 0.6) is 0 Å². The Bertz CT molecular complexity index is 369. The number of benzene rings is 1. The van der Waals surface area contributed by atoms with Gasteiger partial charge in [0, 0.05) is 0 Å². The lowest BCUT2D eigenvalue weighted by Gasteiger charge is -2.24. The Hall–Kier alpha value is -1.35. The maximum Gasteiger partial charge on any atom is 0.313 e. The molecule has 2 rings (SSSR count). The molecule has 98 valence electrons. The lowest BCUT2D eigenvalue weighted by molar-refractivity contribution is -0.141. The van der Waals surface area contributed by atoms with Gasteiger partial charge in [0.25, 0.3) is 0 Å². The Morgan fingerprint density at radius 1 is 1.22 bits per heavy atom. The van der Waals surface area contributed by atoms with E-state index in [2.05, 4.69) is 0 Å². The van der Waals surface area contributed by atoms with E-state index in [9.17, 15) is 9.90 Å². The summed E-state index contributed by atoms with van der Waals surface area (Å²) >= 11 is 0.